The van der Waals surface area contributed by atoms with E-state index in [2.05, 4.69) is 147 Å². The number of rotatable bonds is 5. The Kier molecular flexibility index (Phi) is 6.80. The Labute approximate surface area is 286 Å². The summed E-state index contributed by atoms with van der Waals surface area (Å²) < 4.78 is 0. The van der Waals surface area contributed by atoms with Gasteiger partial charge in [-0.2, -0.15) is 0 Å². The maximum atomic E-state index is 5.21. The highest BCUT2D eigenvalue weighted by Gasteiger charge is 2.36. The first-order valence-electron chi connectivity index (χ1n) is 16.8. The number of benzene rings is 6. The summed E-state index contributed by atoms with van der Waals surface area (Å²) in [6.45, 7) is 4.67. The van der Waals surface area contributed by atoms with Gasteiger partial charge in [0.1, 0.15) is 0 Å². The minimum absolute atomic E-state index is 0.145. The molecular formula is C46H33N3. The van der Waals surface area contributed by atoms with E-state index >= 15 is 0 Å². The van der Waals surface area contributed by atoms with Crippen LogP contribution >= 0.6 is 0 Å². The van der Waals surface area contributed by atoms with Gasteiger partial charge in [-0.25, -0.2) is 9.97 Å². The predicted molar refractivity (Wildman–Crippen MR) is 202 cm³/mol. The minimum Gasteiger partial charge on any atom is -0.256 e. The first-order valence-corrected chi connectivity index (χ1v) is 16.8. The van der Waals surface area contributed by atoms with E-state index in [1.807, 2.05) is 30.5 Å². The molecule has 1 aliphatic rings. The van der Waals surface area contributed by atoms with E-state index < -0.39 is 0 Å². The molecule has 0 amide bonds. The molecule has 0 saturated heterocycles. The van der Waals surface area contributed by atoms with Crippen LogP contribution in [0.2, 0.25) is 0 Å². The van der Waals surface area contributed by atoms with Crippen molar-refractivity contribution in [2.75, 3.05) is 0 Å². The molecule has 9 rings (SSSR count). The third-order valence-electron chi connectivity index (χ3n) is 9.97. The number of fused-ring (bicyclic) bond motifs is 5. The monoisotopic (exact) mass is 627 g/mol. The molecule has 0 aliphatic heterocycles. The van der Waals surface area contributed by atoms with Gasteiger partial charge in [-0.1, -0.05) is 147 Å². The highest BCUT2D eigenvalue weighted by atomic mass is 14.9. The number of aromatic nitrogens is 3. The van der Waals surface area contributed by atoms with Crippen molar-refractivity contribution in [3.63, 3.8) is 0 Å². The van der Waals surface area contributed by atoms with E-state index in [0.717, 1.165) is 44.9 Å². The summed E-state index contributed by atoms with van der Waals surface area (Å²) in [6.07, 6.45) is 1.92. The molecule has 2 aromatic heterocycles. The Morgan fingerprint density at radius 1 is 0.429 bits per heavy atom. The van der Waals surface area contributed by atoms with E-state index in [1.54, 1.807) is 0 Å². The molecule has 0 atom stereocenters. The fourth-order valence-corrected chi connectivity index (χ4v) is 7.31. The highest BCUT2D eigenvalue weighted by molar-refractivity contribution is 6.02. The van der Waals surface area contributed by atoms with Crippen molar-refractivity contribution in [1.29, 1.82) is 0 Å². The van der Waals surface area contributed by atoms with Gasteiger partial charge < -0.3 is 0 Å². The molecule has 49 heavy (non-hydrogen) atoms. The highest BCUT2D eigenvalue weighted by Crippen LogP contribution is 2.52. The molecule has 232 valence electrons. The van der Waals surface area contributed by atoms with Crippen LogP contribution in [0, 0.1) is 0 Å². The molecule has 8 aromatic rings. The van der Waals surface area contributed by atoms with Crippen molar-refractivity contribution >= 4 is 10.8 Å². The molecule has 0 fully saturated rings. The third kappa shape index (κ3) is 5.03. The topological polar surface area (TPSA) is 38.7 Å². The van der Waals surface area contributed by atoms with Crippen LogP contribution in [-0.4, -0.2) is 15.0 Å². The molecule has 0 saturated carbocycles. The Morgan fingerprint density at radius 3 is 1.78 bits per heavy atom. The predicted octanol–water partition coefficient (Wildman–Crippen LogP) is 11.7. The Balaban J connectivity index is 1.17. The van der Waals surface area contributed by atoms with Crippen molar-refractivity contribution in [1.82, 2.24) is 15.0 Å². The van der Waals surface area contributed by atoms with Gasteiger partial charge in [0, 0.05) is 33.9 Å². The van der Waals surface area contributed by atoms with Crippen LogP contribution in [0.5, 0.6) is 0 Å². The Morgan fingerprint density at radius 2 is 1.04 bits per heavy atom. The second kappa shape index (κ2) is 11.5. The fraction of sp³-hybridized carbons (Fsp3) is 0.0652. The Bertz CT molecular complexity index is 2380. The lowest BCUT2D eigenvalue weighted by atomic mass is 9.81. The van der Waals surface area contributed by atoms with Crippen LogP contribution in [0.25, 0.3) is 78.2 Å². The zero-order valence-corrected chi connectivity index (χ0v) is 27.4. The van der Waals surface area contributed by atoms with Crippen molar-refractivity contribution in [2.45, 2.75) is 19.3 Å². The first-order chi connectivity index (χ1) is 24.0. The van der Waals surface area contributed by atoms with Gasteiger partial charge in [0.05, 0.1) is 17.1 Å². The summed E-state index contributed by atoms with van der Waals surface area (Å²) in [5.74, 6) is 0.688. The number of pyridine rings is 1. The van der Waals surface area contributed by atoms with Crippen molar-refractivity contribution < 1.29 is 0 Å². The summed E-state index contributed by atoms with van der Waals surface area (Å²) in [6, 6.07) is 55.6. The maximum absolute atomic E-state index is 5.21. The first kappa shape index (κ1) is 29.0. The molecule has 3 nitrogen and oxygen atoms in total. The van der Waals surface area contributed by atoms with Gasteiger partial charge in [-0.3, -0.25) is 4.98 Å². The number of hydrogen-bond donors (Lipinski definition) is 0. The molecule has 0 unspecified atom stereocenters. The number of nitrogens with zero attached hydrogens (tertiary/aromatic N) is 3. The van der Waals surface area contributed by atoms with Crippen LogP contribution in [0.4, 0.5) is 0 Å². The van der Waals surface area contributed by atoms with Crippen molar-refractivity contribution in [3.8, 4) is 67.4 Å². The van der Waals surface area contributed by atoms with E-state index in [-0.39, 0.29) is 5.41 Å². The Hall–Kier alpha value is -6.19. The average molecular weight is 628 g/mol. The molecule has 1 aliphatic carbocycles. The number of hydrogen-bond acceptors (Lipinski definition) is 3. The summed E-state index contributed by atoms with van der Waals surface area (Å²) in [4.78, 5) is 15.2. The van der Waals surface area contributed by atoms with Crippen molar-refractivity contribution in [2.24, 2.45) is 0 Å². The summed E-state index contributed by atoms with van der Waals surface area (Å²) in [5.41, 5.74) is 14.3. The van der Waals surface area contributed by atoms with Gasteiger partial charge >= 0.3 is 0 Å². The molecule has 3 heteroatoms. The van der Waals surface area contributed by atoms with Crippen LogP contribution in [-0.2, 0) is 5.41 Å². The second-order valence-electron chi connectivity index (χ2n) is 13.3. The van der Waals surface area contributed by atoms with E-state index in [0.29, 0.717) is 5.82 Å². The van der Waals surface area contributed by atoms with Crippen LogP contribution in [0.1, 0.15) is 25.0 Å². The van der Waals surface area contributed by atoms with Gasteiger partial charge in [-0.05, 0) is 68.4 Å². The van der Waals surface area contributed by atoms with E-state index in [1.165, 1.54) is 38.6 Å². The largest absolute Gasteiger partial charge is 0.256 e. The zero-order valence-electron chi connectivity index (χ0n) is 27.4. The molecule has 0 spiro atoms. The van der Waals surface area contributed by atoms with Crippen LogP contribution < -0.4 is 0 Å². The van der Waals surface area contributed by atoms with Gasteiger partial charge in [0.25, 0.3) is 0 Å². The van der Waals surface area contributed by atoms with Gasteiger partial charge in [-0.15, -0.1) is 0 Å². The fourth-order valence-electron chi connectivity index (χ4n) is 7.31. The minimum atomic E-state index is -0.145. The zero-order chi connectivity index (χ0) is 33.0. The molecular weight excluding hydrogens is 595 g/mol. The van der Waals surface area contributed by atoms with Crippen LogP contribution in [0.15, 0.2) is 164 Å². The lowest BCUT2D eigenvalue weighted by molar-refractivity contribution is 0.661. The summed E-state index contributed by atoms with van der Waals surface area (Å²) in [7, 11) is 0. The lowest BCUT2D eigenvalue weighted by Crippen LogP contribution is -2.15. The summed E-state index contributed by atoms with van der Waals surface area (Å²) >= 11 is 0. The summed E-state index contributed by atoms with van der Waals surface area (Å²) in [5, 5.41) is 2.57. The maximum Gasteiger partial charge on any atom is 0.160 e. The van der Waals surface area contributed by atoms with Gasteiger partial charge in [0.15, 0.2) is 5.82 Å². The standard InChI is InChI=1S/C46H33N3/c1-46(2)39-25-22-32-13-9-10-16-37(32)44(39)38-24-21-35(27-40(38)46)42-28-43(36-23-26-41(47-29-36)33-14-7-4-8-15-33)49-45(48-42)34-19-17-31(18-20-34)30-11-5-3-6-12-30/h3-29H,1-2H3. The molecule has 0 radical (unpaired) electrons. The van der Waals surface area contributed by atoms with E-state index in [9.17, 15) is 0 Å². The average Bonchev–Trinajstić information content (AvgIpc) is 3.41. The van der Waals surface area contributed by atoms with Crippen molar-refractivity contribution in [3.05, 3.63) is 175 Å². The molecule has 0 N–H and O–H groups in total. The normalized spacial score (nSPS) is 12.9. The van der Waals surface area contributed by atoms with E-state index in [4.69, 9.17) is 15.0 Å². The molecule has 0 bridgehead atoms. The van der Waals surface area contributed by atoms with Crippen LogP contribution in [0.3, 0.4) is 0 Å². The quantitative estimate of drug-likeness (QED) is 0.191. The second-order valence-corrected chi connectivity index (χ2v) is 13.3. The molecule has 6 aromatic carbocycles. The molecule has 2 heterocycles. The van der Waals surface area contributed by atoms with Gasteiger partial charge in [0.2, 0.25) is 0 Å². The third-order valence-corrected chi connectivity index (χ3v) is 9.97. The SMILES string of the molecule is CC1(C)c2cc(-c3cc(-c4ccc(-c5ccccc5)nc4)nc(-c4ccc(-c5ccccc5)cc4)n3)ccc2-c2c1ccc1ccccc21. The lowest BCUT2D eigenvalue weighted by Gasteiger charge is -2.22. The smallest absolute Gasteiger partial charge is 0.160 e.